The Morgan fingerprint density at radius 2 is 1.86 bits per heavy atom. The van der Waals surface area contributed by atoms with Crippen LogP contribution in [0.25, 0.3) is 11.1 Å². The molecule has 0 saturated carbocycles. The zero-order valence-corrected chi connectivity index (χ0v) is 26.0. The maximum Gasteiger partial charge on any atom is 0.417 e. The lowest BCUT2D eigenvalue weighted by atomic mass is 9.98. The Hall–Kier alpha value is -3.83. The monoisotopic (exact) mass is 631 g/mol. The number of rotatable bonds is 10. The average Bonchev–Trinajstić information content (AvgIpc) is 3.00. The van der Waals surface area contributed by atoms with Gasteiger partial charge in [-0.2, -0.15) is 13.2 Å². The molecule has 0 radical (unpaired) electrons. The van der Waals surface area contributed by atoms with Gasteiger partial charge in [0.2, 0.25) is 5.88 Å². The van der Waals surface area contributed by atoms with Gasteiger partial charge >= 0.3 is 6.18 Å². The predicted octanol–water partition coefficient (Wildman–Crippen LogP) is 5.85. The number of nitrogens with zero attached hydrogens (tertiary/aromatic N) is 4. The van der Waals surface area contributed by atoms with Gasteiger partial charge in [0, 0.05) is 61.2 Å². The molecule has 1 N–H and O–H groups in total. The van der Waals surface area contributed by atoms with E-state index in [4.69, 9.17) is 16.3 Å². The molecule has 4 rings (SSSR count). The second-order valence-electron chi connectivity index (χ2n) is 10.8. The molecule has 1 aliphatic heterocycles. The Bertz CT molecular complexity index is 1480. The van der Waals surface area contributed by atoms with Crippen LogP contribution in [0.4, 0.5) is 18.9 Å². The van der Waals surface area contributed by atoms with Crippen molar-refractivity contribution in [3.8, 4) is 17.0 Å². The van der Waals surface area contributed by atoms with E-state index in [2.05, 4.69) is 15.2 Å². The lowest BCUT2D eigenvalue weighted by molar-refractivity contribution is -0.138. The van der Waals surface area contributed by atoms with Crippen molar-refractivity contribution in [3.63, 3.8) is 0 Å². The summed E-state index contributed by atoms with van der Waals surface area (Å²) < 4.78 is 47.0. The number of nitrogens with one attached hydrogen (secondary N) is 1. The second-order valence-corrected chi connectivity index (χ2v) is 11.2. The van der Waals surface area contributed by atoms with Crippen molar-refractivity contribution >= 4 is 29.1 Å². The van der Waals surface area contributed by atoms with Gasteiger partial charge in [-0.1, -0.05) is 24.6 Å². The molecule has 1 aromatic heterocycles. The predicted molar refractivity (Wildman–Crippen MR) is 166 cm³/mol. The van der Waals surface area contributed by atoms with Crippen molar-refractivity contribution in [2.45, 2.75) is 32.5 Å². The van der Waals surface area contributed by atoms with Gasteiger partial charge in [-0.05, 0) is 75.5 Å². The first-order valence-corrected chi connectivity index (χ1v) is 14.9. The highest BCUT2D eigenvalue weighted by atomic mass is 35.5. The van der Waals surface area contributed by atoms with E-state index in [1.54, 1.807) is 12.3 Å². The molecule has 1 aliphatic rings. The highest BCUT2D eigenvalue weighted by Crippen LogP contribution is 2.36. The van der Waals surface area contributed by atoms with Crippen molar-refractivity contribution in [1.82, 2.24) is 20.1 Å². The molecule has 2 aromatic carbocycles. The number of hydrogen-bond donors (Lipinski definition) is 1. The molecular weight excluding hydrogens is 595 g/mol. The van der Waals surface area contributed by atoms with Gasteiger partial charge in [-0.3, -0.25) is 9.59 Å². The Balaban J connectivity index is 1.67. The molecule has 0 spiro atoms. The maximum atomic E-state index is 13.8. The van der Waals surface area contributed by atoms with E-state index < -0.39 is 23.2 Å². The molecule has 3 aromatic rings. The summed E-state index contributed by atoms with van der Waals surface area (Å²) in [4.78, 5) is 36.8. The molecular formula is C32H37ClF3N5O3. The molecule has 8 nitrogen and oxygen atoms in total. The first-order chi connectivity index (χ1) is 20.9. The number of piperazine rings is 1. The van der Waals surface area contributed by atoms with Crippen molar-refractivity contribution in [2.75, 3.05) is 58.3 Å². The molecule has 236 valence electrons. The van der Waals surface area contributed by atoms with Crippen molar-refractivity contribution in [3.05, 3.63) is 76.4 Å². The summed E-state index contributed by atoms with van der Waals surface area (Å²) in [6.45, 7) is 6.04. The molecule has 0 bridgehead atoms. The smallest absolute Gasteiger partial charge is 0.417 e. The summed E-state index contributed by atoms with van der Waals surface area (Å²) in [6, 6.07) is 12.2. The van der Waals surface area contributed by atoms with Crippen LogP contribution in [-0.2, 0) is 6.18 Å². The fraction of sp³-hybridized carbons (Fsp3) is 0.406. The third kappa shape index (κ3) is 7.62. The van der Waals surface area contributed by atoms with E-state index in [0.29, 0.717) is 49.8 Å². The molecule has 1 saturated heterocycles. The van der Waals surface area contributed by atoms with E-state index in [1.807, 2.05) is 57.1 Å². The largest absolute Gasteiger partial charge is 0.478 e. The summed E-state index contributed by atoms with van der Waals surface area (Å²) in [5, 5.41) is 2.91. The summed E-state index contributed by atoms with van der Waals surface area (Å²) in [7, 11) is 3.84. The number of carbonyl (C=O) groups excluding carboxylic acids is 2. The minimum Gasteiger partial charge on any atom is -0.478 e. The van der Waals surface area contributed by atoms with Crippen LogP contribution in [0.2, 0.25) is 5.02 Å². The minimum absolute atomic E-state index is 0.0929. The maximum absolute atomic E-state index is 13.8. The van der Waals surface area contributed by atoms with Crippen molar-refractivity contribution in [2.24, 2.45) is 0 Å². The zero-order valence-electron chi connectivity index (χ0n) is 25.2. The van der Waals surface area contributed by atoms with Gasteiger partial charge in [0.1, 0.15) is 0 Å². The normalized spacial score (nSPS) is 15.4. The van der Waals surface area contributed by atoms with Crippen LogP contribution < -0.4 is 15.0 Å². The highest BCUT2D eigenvalue weighted by molar-refractivity contribution is 6.30. The topological polar surface area (TPSA) is 78.0 Å². The van der Waals surface area contributed by atoms with Crippen LogP contribution in [0.15, 0.2) is 54.7 Å². The molecule has 0 unspecified atom stereocenters. The third-order valence-electron chi connectivity index (χ3n) is 7.52. The van der Waals surface area contributed by atoms with Crippen LogP contribution in [0.1, 0.15) is 46.5 Å². The molecule has 0 aliphatic carbocycles. The van der Waals surface area contributed by atoms with Gasteiger partial charge in [-0.25, -0.2) is 4.98 Å². The highest BCUT2D eigenvalue weighted by Gasteiger charge is 2.38. The second kappa shape index (κ2) is 14.3. The molecule has 44 heavy (non-hydrogen) atoms. The number of alkyl halides is 3. The molecule has 1 fully saturated rings. The van der Waals surface area contributed by atoms with Crippen LogP contribution >= 0.6 is 11.6 Å². The zero-order chi connectivity index (χ0) is 32.0. The lowest BCUT2D eigenvalue weighted by Gasteiger charge is -2.43. The fourth-order valence-corrected chi connectivity index (χ4v) is 5.47. The van der Waals surface area contributed by atoms with Crippen LogP contribution in [-0.4, -0.2) is 86.1 Å². The van der Waals surface area contributed by atoms with Crippen LogP contribution in [0.5, 0.6) is 5.88 Å². The van der Waals surface area contributed by atoms with Gasteiger partial charge in [0.25, 0.3) is 11.8 Å². The Morgan fingerprint density at radius 1 is 1.09 bits per heavy atom. The van der Waals surface area contributed by atoms with Crippen LogP contribution in [0.3, 0.4) is 0 Å². The van der Waals surface area contributed by atoms with Gasteiger partial charge in [-0.15, -0.1) is 0 Å². The fourth-order valence-electron chi connectivity index (χ4n) is 5.30. The Kier molecular flexibility index (Phi) is 10.7. The summed E-state index contributed by atoms with van der Waals surface area (Å²) in [5.74, 6) is -0.500. The van der Waals surface area contributed by atoms with E-state index in [0.717, 1.165) is 23.3 Å². The number of ether oxygens (including phenoxy) is 1. The number of hydrogen-bond acceptors (Lipinski definition) is 6. The standard InChI is InChI=1S/C32H37ClF3N5O3/c1-5-23-20-40(31(43)25-11-10-22(33)19-27(25)32(34,35)36)16-17-41(23)28-12-9-21(24-8-7-13-38-30(24)44-6-2)18-26(28)29(42)37-14-15-39(3)4/h7-13,18-19,23H,5-6,14-17,20H2,1-4H3,(H,37,42)/t23-/m1/s1. The minimum atomic E-state index is -4.73. The van der Waals surface area contributed by atoms with E-state index in [1.165, 1.54) is 11.0 Å². The lowest BCUT2D eigenvalue weighted by Crippen LogP contribution is -2.55. The number of benzene rings is 2. The molecule has 1 atom stereocenters. The Morgan fingerprint density at radius 3 is 2.55 bits per heavy atom. The number of pyridine rings is 1. The Labute approximate surface area is 260 Å². The third-order valence-corrected chi connectivity index (χ3v) is 7.75. The quantitative estimate of drug-likeness (QED) is 0.303. The average molecular weight is 632 g/mol. The summed E-state index contributed by atoms with van der Waals surface area (Å²) >= 11 is 5.83. The summed E-state index contributed by atoms with van der Waals surface area (Å²) in [6.07, 6.45) is -2.49. The number of halogens is 4. The first kappa shape index (κ1) is 33.1. The van der Waals surface area contributed by atoms with Gasteiger partial charge < -0.3 is 24.8 Å². The van der Waals surface area contributed by atoms with Crippen LogP contribution in [0, 0.1) is 0 Å². The number of amides is 2. The number of aromatic nitrogens is 1. The van der Waals surface area contributed by atoms with Gasteiger partial charge in [0.15, 0.2) is 0 Å². The molecule has 2 heterocycles. The first-order valence-electron chi connectivity index (χ1n) is 14.5. The number of likely N-dealkylation sites (N-methyl/N-ethyl adjacent to an activating group) is 1. The molecule has 2 amide bonds. The number of anilines is 1. The van der Waals surface area contributed by atoms with E-state index in [-0.39, 0.29) is 30.1 Å². The van der Waals surface area contributed by atoms with E-state index in [9.17, 15) is 22.8 Å². The van der Waals surface area contributed by atoms with Crippen molar-refractivity contribution < 1.29 is 27.5 Å². The number of carbonyl (C=O) groups is 2. The summed E-state index contributed by atoms with van der Waals surface area (Å²) in [5.41, 5.74) is 1.14. The van der Waals surface area contributed by atoms with Crippen molar-refractivity contribution in [1.29, 1.82) is 0 Å². The van der Waals surface area contributed by atoms with Gasteiger partial charge in [0.05, 0.1) is 23.3 Å². The van der Waals surface area contributed by atoms with E-state index >= 15 is 0 Å². The molecule has 12 heteroatoms. The SMILES string of the molecule is CCOc1ncccc1-c1ccc(N2CCN(C(=O)c3ccc(Cl)cc3C(F)(F)F)C[C@H]2CC)c(C(=O)NCCN(C)C)c1.